The average Bonchev–Trinajstić information content (AvgIpc) is 3.68. The summed E-state index contributed by atoms with van der Waals surface area (Å²) in [6, 6.07) is 6.28. The van der Waals surface area contributed by atoms with E-state index in [2.05, 4.69) is 20.4 Å². The standard InChI is InChI=1S/C33H26F8N6O2S2/c1-13-14(2)32(37,38)28-25(13)27(33(39,40)41)46-47(28)12-24(48)43-22(8-15-6-17(34)10-18(35)7-15)26-19(11-23-30(44-26)45-31(50-3)51-23)16-4-5-21(36)20(9-16)29(42)49/h4-7,9-11,13-14,22H,8,12H2,1-3H3,(H2,42,49)(H,43,48)/t13-,14+,22?/m0/s1. The number of primary amides is 1. The predicted octanol–water partition coefficient (Wildman–Crippen LogP) is 7.76. The number of thiazole rings is 1. The number of pyridine rings is 1. The molecule has 0 spiro atoms. The number of halogens is 8. The molecule has 0 saturated heterocycles. The lowest BCUT2D eigenvalue weighted by Crippen LogP contribution is -2.35. The van der Waals surface area contributed by atoms with Gasteiger partial charge in [0.2, 0.25) is 5.91 Å². The van der Waals surface area contributed by atoms with Gasteiger partial charge in [0.15, 0.2) is 15.7 Å². The van der Waals surface area contributed by atoms with Gasteiger partial charge in [0.25, 0.3) is 11.8 Å². The van der Waals surface area contributed by atoms with Gasteiger partial charge in [0, 0.05) is 23.1 Å². The second-order valence-corrected chi connectivity index (χ2v) is 14.1. The Hall–Kier alpha value is -4.58. The first-order valence-corrected chi connectivity index (χ1v) is 17.2. The number of carbonyl (C=O) groups is 2. The van der Waals surface area contributed by atoms with Gasteiger partial charge < -0.3 is 11.1 Å². The molecule has 3 aromatic heterocycles. The molecular formula is C33H26F8N6O2S2. The summed E-state index contributed by atoms with van der Waals surface area (Å²) in [4.78, 5) is 34.8. The van der Waals surface area contributed by atoms with Crippen molar-refractivity contribution in [2.45, 2.75) is 55.2 Å². The molecule has 6 rings (SSSR count). The van der Waals surface area contributed by atoms with Crippen LogP contribution < -0.4 is 11.1 Å². The summed E-state index contributed by atoms with van der Waals surface area (Å²) in [7, 11) is 0. The van der Waals surface area contributed by atoms with E-state index < -0.39 is 88.3 Å². The third-order valence-corrected chi connectivity index (χ3v) is 10.8. The summed E-state index contributed by atoms with van der Waals surface area (Å²) in [5, 5.41) is 5.98. The second kappa shape index (κ2) is 13.2. The maximum absolute atomic E-state index is 15.4. The van der Waals surface area contributed by atoms with Crippen LogP contribution in [0.25, 0.3) is 21.5 Å². The van der Waals surface area contributed by atoms with Crippen molar-refractivity contribution in [3.63, 3.8) is 0 Å². The minimum absolute atomic E-state index is 0.00486. The first-order chi connectivity index (χ1) is 23.9. The van der Waals surface area contributed by atoms with E-state index in [0.717, 1.165) is 31.2 Å². The van der Waals surface area contributed by atoms with Crippen molar-refractivity contribution in [1.29, 1.82) is 0 Å². The second-order valence-electron chi connectivity index (χ2n) is 12.1. The van der Waals surface area contributed by atoms with E-state index in [9.17, 15) is 35.9 Å². The summed E-state index contributed by atoms with van der Waals surface area (Å²) >= 11 is 2.54. The Morgan fingerprint density at radius 3 is 2.37 bits per heavy atom. The zero-order chi connectivity index (χ0) is 37.2. The number of carbonyl (C=O) groups excluding carboxylic acids is 2. The Morgan fingerprint density at radius 2 is 1.75 bits per heavy atom. The topological polar surface area (TPSA) is 116 Å². The molecule has 2 aromatic carbocycles. The number of amides is 2. The van der Waals surface area contributed by atoms with E-state index in [1.54, 1.807) is 12.3 Å². The number of aromatic nitrogens is 4. The summed E-state index contributed by atoms with van der Waals surface area (Å²) in [5.74, 6) is -11.5. The third-order valence-electron chi connectivity index (χ3n) is 8.78. The SMILES string of the molecule is CSc1nc2nc(C(Cc3cc(F)cc(F)c3)NC(=O)Cn3nc(C(F)(F)F)c4c3C(F)(F)[C@H](C)[C@@H]4C)c(-c3ccc(F)c(C(N)=O)c3)cc2s1. The zero-order valence-electron chi connectivity index (χ0n) is 26.7. The molecule has 2 amide bonds. The molecule has 0 radical (unpaired) electrons. The van der Waals surface area contributed by atoms with Crippen molar-refractivity contribution in [2.24, 2.45) is 11.7 Å². The predicted molar refractivity (Wildman–Crippen MR) is 173 cm³/mol. The average molecular weight is 755 g/mol. The summed E-state index contributed by atoms with van der Waals surface area (Å²) in [5.41, 5.74) is 2.23. The van der Waals surface area contributed by atoms with Crippen molar-refractivity contribution in [3.05, 3.63) is 93.7 Å². The van der Waals surface area contributed by atoms with Crippen LogP contribution in [0.15, 0.2) is 46.8 Å². The minimum atomic E-state index is -5.10. The molecule has 1 aliphatic rings. The van der Waals surface area contributed by atoms with E-state index in [1.165, 1.54) is 36.1 Å². The van der Waals surface area contributed by atoms with E-state index in [0.29, 0.717) is 19.8 Å². The largest absolute Gasteiger partial charge is 0.435 e. The highest BCUT2D eigenvalue weighted by molar-refractivity contribution is 8.00. The van der Waals surface area contributed by atoms with Gasteiger partial charge in [-0.1, -0.05) is 31.7 Å². The molecule has 3 atom stereocenters. The van der Waals surface area contributed by atoms with Crippen LogP contribution in [0.3, 0.4) is 0 Å². The highest BCUT2D eigenvalue weighted by atomic mass is 32.2. The van der Waals surface area contributed by atoms with Gasteiger partial charge in [0.1, 0.15) is 29.7 Å². The molecule has 51 heavy (non-hydrogen) atoms. The van der Waals surface area contributed by atoms with Gasteiger partial charge in [-0.05, 0) is 60.1 Å². The molecule has 268 valence electrons. The van der Waals surface area contributed by atoms with Crippen LogP contribution in [-0.2, 0) is 29.9 Å². The fraction of sp³-hybridized carbons (Fsp3) is 0.303. The van der Waals surface area contributed by atoms with Crippen molar-refractivity contribution in [1.82, 2.24) is 25.1 Å². The molecule has 1 unspecified atom stereocenters. The highest BCUT2D eigenvalue weighted by Gasteiger charge is 2.57. The third kappa shape index (κ3) is 6.78. The molecule has 18 heteroatoms. The molecule has 3 N–H and O–H groups in total. The summed E-state index contributed by atoms with van der Waals surface area (Å²) in [6.07, 6.45) is -3.70. The van der Waals surface area contributed by atoms with E-state index in [1.807, 2.05) is 0 Å². The van der Waals surface area contributed by atoms with Gasteiger partial charge in [-0.15, -0.1) is 11.3 Å². The Labute approximate surface area is 292 Å². The van der Waals surface area contributed by atoms with Crippen LogP contribution in [0.2, 0.25) is 0 Å². The maximum Gasteiger partial charge on any atom is 0.435 e. The van der Waals surface area contributed by atoms with Crippen LogP contribution in [0.5, 0.6) is 0 Å². The van der Waals surface area contributed by atoms with Crippen LogP contribution in [-0.4, -0.2) is 37.8 Å². The quantitative estimate of drug-likeness (QED) is 0.118. The van der Waals surface area contributed by atoms with Crippen molar-refractivity contribution in [2.75, 3.05) is 6.26 Å². The number of thioether (sulfide) groups is 1. The van der Waals surface area contributed by atoms with Gasteiger partial charge in [-0.25, -0.2) is 23.1 Å². The number of fused-ring (bicyclic) bond motifs is 2. The van der Waals surface area contributed by atoms with E-state index in [4.69, 9.17) is 5.73 Å². The summed E-state index contributed by atoms with van der Waals surface area (Å²) in [6.45, 7) is 1.24. The maximum atomic E-state index is 15.4. The van der Waals surface area contributed by atoms with Crippen LogP contribution in [0, 0.1) is 23.4 Å². The lowest BCUT2D eigenvalue weighted by Gasteiger charge is -2.23. The van der Waals surface area contributed by atoms with Crippen LogP contribution >= 0.6 is 23.1 Å². The number of nitrogens with two attached hydrogens (primary N) is 1. The molecule has 8 nitrogen and oxygen atoms in total. The molecule has 0 aliphatic heterocycles. The van der Waals surface area contributed by atoms with Crippen LogP contribution in [0.4, 0.5) is 35.1 Å². The first-order valence-electron chi connectivity index (χ1n) is 15.1. The zero-order valence-corrected chi connectivity index (χ0v) is 28.3. The lowest BCUT2D eigenvalue weighted by atomic mass is 9.94. The Balaban J connectivity index is 1.49. The van der Waals surface area contributed by atoms with E-state index >= 15 is 8.78 Å². The van der Waals surface area contributed by atoms with Crippen molar-refractivity contribution >= 4 is 45.3 Å². The number of nitrogens with zero attached hydrogens (tertiary/aromatic N) is 4. The molecule has 0 saturated carbocycles. The Kier molecular flexibility index (Phi) is 9.37. The van der Waals surface area contributed by atoms with Gasteiger partial charge in [-0.3, -0.25) is 14.3 Å². The fourth-order valence-corrected chi connectivity index (χ4v) is 7.70. The first kappa shape index (κ1) is 36.2. The number of hydrogen-bond donors (Lipinski definition) is 2. The number of benzene rings is 2. The normalized spacial score (nSPS) is 17.5. The highest BCUT2D eigenvalue weighted by Crippen LogP contribution is 2.55. The van der Waals surface area contributed by atoms with E-state index in [-0.39, 0.29) is 34.5 Å². The Morgan fingerprint density at radius 1 is 1.06 bits per heavy atom. The number of alkyl halides is 5. The fourth-order valence-electron chi connectivity index (χ4n) is 6.24. The number of nitrogens with one attached hydrogen (secondary N) is 1. The van der Waals surface area contributed by atoms with Gasteiger partial charge >= 0.3 is 6.18 Å². The molecule has 5 aromatic rings. The number of hydrogen-bond acceptors (Lipinski definition) is 7. The van der Waals surface area contributed by atoms with Gasteiger partial charge in [-0.2, -0.15) is 27.1 Å². The molecule has 0 fully saturated rings. The van der Waals surface area contributed by atoms with Gasteiger partial charge in [0.05, 0.1) is 22.0 Å². The molecule has 1 aliphatic carbocycles. The smallest absolute Gasteiger partial charge is 0.366 e. The monoisotopic (exact) mass is 754 g/mol. The minimum Gasteiger partial charge on any atom is -0.366 e. The lowest BCUT2D eigenvalue weighted by molar-refractivity contribution is -0.143. The molecular weight excluding hydrogens is 729 g/mol. The van der Waals surface area contributed by atoms with Crippen molar-refractivity contribution in [3.8, 4) is 11.1 Å². The summed E-state index contributed by atoms with van der Waals surface area (Å²) < 4.78 is 117. The van der Waals surface area contributed by atoms with Crippen LogP contribution in [0.1, 0.15) is 64.4 Å². The Bertz CT molecular complexity index is 2180. The molecule has 0 bridgehead atoms. The molecule has 3 heterocycles. The van der Waals surface area contributed by atoms with Crippen molar-refractivity contribution < 1.29 is 44.7 Å². The number of rotatable bonds is 9.